The van der Waals surface area contributed by atoms with Crippen molar-refractivity contribution in [1.82, 2.24) is 20.4 Å². The molecule has 2 aromatic heterocycles. The summed E-state index contributed by atoms with van der Waals surface area (Å²) in [6.45, 7) is 5.50. The Labute approximate surface area is 175 Å². The third-order valence-corrected chi connectivity index (χ3v) is 5.28. The van der Waals surface area contributed by atoms with Crippen molar-refractivity contribution in [3.8, 4) is 16.9 Å². The number of piperidine rings is 1. The molecule has 0 bridgehead atoms. The summed E-state index contributed by atoms with van der Waals surface area (Å²) in [5, 5.41) is 9.96. The van der Waals surface area contributed by atoms with Crippen molar-refractivity contribution in [1.29, 1.82) is 0 Å². The number of carbonyl (C=O) groups is 1. The Morgan fingerprint density at radius 3 is 2.80 bits per heavy atom. The van der Waals surface area contributed by atoms with Crippen LogP contribution in [0, 0.1) is 13.8 Å². The first-order valence-electron chi connectivity index (χ1n) is 10.1. The van der Waals surface area contributed by atoms with Crippen molar-refractivity contribution >= 4 is 11.6 Å². The number of aryl methyl sites for hydroxylation is 2. The average Bonchev–Trinajstić information content (AvgIpc) is 3.29. The van der Waals surface area contributed by atoms with E-state index in [2.05, 4.69) is 25.8 Å². The lowest BCUT2D eigenvalue weighted by Gasteiger charge is -2.24. The molecule has 1 atom stereocenters. The molecule has 8 nitrogen and oxygen atoms in total. The Morgan fingerprint density at radius 2 is 2.10 bits per heavy atom. The van der Waals surface area contributed by atoms with Gasteiger partial charge in [0.1, 0.15) is 24.9 Å². The van der Waals surface area contributed by atoms with Gasteiger partial charge in [-0.2, -0.15) is 0 Å². The number of nitrogens with one attached hydrogen (secondary N) is 2. The van der Waals surface area contributed by atoms with Gasteiger partial charge >= 0.3 is 0 Å². The lowest BCUT2D eigenvalue weighted by Crippen LogP contribution is -2.38. The molecule has 0 radical (unpaired) electrons. The molecule has 3 heterocycles. The summed E-state index contributed by atoms with van der Waals surface area (Å²) in [5.41, 5.74) is 4.46. The highest BCUT2D eigenvalue weighted by atomic mass is 16.5. The highest BCUT2D eigenvalue weighted by Crippen LogP contribution is 2.36. The average molecular weight is 407 g/mol. The highest BCUT2D eigenvalue weighted by molar-refractivity contribution is 6.04. The van der Waals surface area contributed by atoms with Gasteiger partial charge in [-0.1, -0.05) is 11.6 Å². The predicted octanol–water partition coefficient (Wildman–Crippen LogP) is 3.52. The van der Waals surface area contributed by atoms with E-state index in [9.17, 15) is 4.79 Å². The van der Waals surface area contributed by atoms with Gasteiger partial charge in [0.25, 0.3) is 5.91 Å². The molecule has 2 N–H and O–H groups in total. The maximum Gasteiger partial charge on any atom is 0.260 e. The maximum absolute atomic E-state index is 12.4. The van der Waals surface area contributed by atoms with Crippen LogP contribution in [0.2, 0.25) is 0 Å². The zero-order chi connectivity index (χ0) is 20.9. The second-order valence-electron chi connectivity index (χ2n) is 7.46. The van der Waals surface area contributed by atoms with Crippen LogP contribution in [0.5, 0.6) is 5.75 Å². The van der Waals surface area contributed by atoms with E-state index in [-0.39, 0.29) is 5.91 Å². The van der Waals surface area contributed by atoms with Crippen molar-refractivity contribution in [2.45, 2.75) is 39.2 Å². The van der Waals surface area contributed by atoms with Gasteiger partial charge in [-0.15, -0.1) is 0 Å². The molecule has 1 aliphatic heterocycles. The summed E-state index contributed by atoms with van der Waals surface area (Å²) in [6.07, 6.45) is 7.77. The van der Waals surface area contributed by atoms with Crippen molar-refractivity contribution in [3.63, 3.8) is 0 Å². The van der Waals surface area contributed by atoms with Crippen LogP contribution in [0.25, 0.3) is 11.1 Å². The van der Waals surface area contributed by atoms with E-state index < -0.39 is 0 Å². The third kappa shape index (κ3) is 4.49. The van der Waals surface area contributed by atoms with Crippen LogP contribution in [0.15, 0.2) is 41.5 Å². The van der Waals surface area contributed by atoms with E-state index in [1.54, 1.807) is 6.33 Å². The molecule has 1 amide bonds. The van der Waals surface area contributed by atoms with Gasteiger partial charge in [0.15, 0.2) is 0 Å². The predicted molar refractivity (Wildman–Crippen MR) is 113 cm³/mol. The third-order valence-electron chi connectivity index (χ3n) is 5.28. The molecule has 4 rings (SSSR count). The van der Waals surface area contributed by atoms with Crippen LogP contribution in [-0.2, 0) is 0 Å². The number of aromatic nitrogens is 3. The van der Waals surface area contributed by atoms with Crippen molar-refractivity contribution in [2.75, 3.05) is 18.5 Å². The largest absolute Gasteiger partial charge is 0.491 e. The van der Waals surface area contributed by atoms with Gasteiger partial charge in [-0.3, -0.25) is 4.79 Å². The van der Waals surface area contributed by atoms with Gasteiger partial charge < -0.3 is 19.9 Å². The van der Waals surface area contributed by atoms with E-state index in [0.29, 0.717) is 23.9 Å². The Balaban J connectivity index is 1.64. The molecular weight excluding hydrogens is 382 g/mol. The Kier molecular flexibility index (Phi) is 6.04. The monoisotopic (exact) mass is 407 g/mol. The van der Waals surface area contributed by atoms with Crippen LogP contribution < -0.4 is 15.4 Å². The molecule has 0 aliphatic carbocycles. The minimum atomic E-state index is -0.292. The fourth-order valence-electron chi connectivity index (χ4n) is 3.69. The summed E-state index contributed by atoms with van der Waals surface area (Å²) in [6, 6.07) is 5.95. The summed E-state index contributed by atoms with van der Waals surface area (Å²) in [7, 11) is 0. The van der Waals surface area contributed by atoms with Crippen molar-refractivity contribution < 1.29 is 14.1 Å². The fraction of sp³-hybridized carbons (Fsp3) is 0.364. The summed E-state index contributed by atoms with van der Waals surface area (Å²) in [5.74, 6) is 0.450. The summed E-state index contributed by atoms with van der Waals surface area (Å²) in [4.78, 5) is 21.1. The quantitative estimate of drug-likeness (QED) is 0.644. The summed E-state index contributed by atoms with van der Waals surface area (Å²) >= 11 is 0. The lowest BCUT2D eigenvalue weighted by atomic mass is 10.0. The fourth-order valence-corrected chi connectivity index (χ4v) is 3.69. The number of hydrogen-bond acceptors (Lipinski definition) is 7. The minimum Gasteiger partial charge on any atom is -0.491 e. The second kappa shape index (κ2) is 9.04. The van der Waals surface area contributed by atoms with Crippen LogP contribution in [0.1, 0.15) is 41.0 Å². The highest BCUT2D eigenvalue weighted by Gasteiger charge is 2.18. The molecule has 1 aromatic carbocycles. The Bertz CT molecular complexity index is 993. The number of carbonyl (C=O) groups excluding carboxylic acids is 1. The van der Waals surface area contributed by atoms with Crippen molar-refractivity contribution in [2.24, 2.45) is 0 Å². The molecule has 1 aliphatic rings. The van der Waals surface area contributed by atoms with Crippen molar-refractivity contribution in [3.05, 3.63) is 53.9 Å². The molecular formula is C22H25N5O3. The van der Waals surface area contributed by atoms with E-state index in [1.165, 1.54) is 25.3 Å². The first-order valence-corrected chi connectivity index (χ1v) is 10.1. The zero-order valence-corrected chi connectivity index (χ0v) is 17.1. The molecule has 8 heteroatoms. The normalized spacial score (nSPS) is 16.3. The van der Waals surface area contributed by atoms with Crippen LogP contribution in [-0.4, -0.2) is 40.2 Å². The topological polar surface area (TPSA) is 102 Å². The standard InChI is InChI=1S/C22H25N5O3/c1-14-21(15(2)25-13-24-14)19-9-17(27-22(28)16-10-26-30-11-16)6-7-20(19)29-12-18-5-3-4-8-23-18/h6-7,9-11,13,18,23H,3-5,8,12H2,1-2H3,(H,27,28). The molecule has 30 heavy (non-hydrogen) atoms. The van der Waals surface area contributed by atoms with E-state index in [0.717, 1.165) is 41.2 Å². The van der Waals surface area contributed by atoms with Gasteiger partial charge in [0, 0.05) is 34.2 Å². The van der Waals surface area contributed by atoms with Gasteiger partial charge in [0.05, 0.1) is 11.8 Å². The summed E-state index contributed by atoms with van der Waals surface area (Å²) < 4.78 is 11.0. The molecule has 1 saturated heterocycles. The van der Waals surface area contributed by atoms with E-state index in [1.807, 2.05) is 32.0 Å². The number of rotatable bonds is 6. The minimum absolute atomic E-state index is 0.292. The number of ether oxygens (including phenoxy) is 1. The number of hydrogen-bond donors (Lipinski definition) is 2. The SMILES string of the molecule is Cc1ncnc(C)c1-c1cc(NC(=O)c2cnoc2)ccc1OCC1CCCCN1. The van der Waals surface area contributed by atoms with Gasteiger partial charge in [-0.25, -0.2) is 9.97 Å². The van der Waals surface area contributed by atoms with E-state index in [4.69, 9.17) is 9.26 Å². The van der Waals surface area contributed by atoms with Crippen LogP contribution in [0.3, 0.4) is 0 Å². The van der Waals surface area contributed by atoms with E-state index >= 15 is 0 Å². The molecule has 0 spiro atoms. The Hall–Kier alpha value is -3.26. The lowest BCUT2D eigenvalue weighted by molar-refractivity contribution is 0.102. The molecule has 1 fully saturated rings. The zero-order valence-electron chi connectivity index (χ0n) is 17.1. The molecule has 3 aromatic rings. The Morgan fingerprint density at radius 1 is 1.27 bits per heavy atom. The molecule has 1 unspecified atom stereocenters. The molecule has 0 saturated carbocycles. The van der Waals surface area contributed by atoms with Crippen LogP contribution in [0.4, 0.5) is 5.69 Å². The second-order valence-corrected chi connectivity index (χ2v) is 7.46. The first kappa shape index (κ1) is 20.0. The number of anilines is 1. The van der Waals surface area contributed by atoms with Gasteiger partial charge in [0.2, 0.25) is 0 Å². The number of amides is 1. The molecule has 156 valence electrons. The number of benzene rings is 1. The first-order chi connectivity index (χ1) is 14.6. The van der Waals surface area contributed by atoms with Crippen LogP contribution >= 0.6 is 0 Å². The number of nitrogens with zero attached hydrogens (tertiary/aromatic N) is 3. The van der Waals surface area contributed by atoms with Gasteiger partial charge in [-0.05, 0) is 51.4 Å². The maximum atomic E-state index is 12.4. The smallest absolute Gasteiger partial charge is 0.260 e.